The summed E-state index contributed by atoms with van der Waals surface area (Å²) in [5.41, 5.74) is 2.10. The number of anilines is 1. The molecule has 0 spiro atoms. The summed E-state index contributed by atoms with van der Waals surface area (Å²) in [7, 11) is 0. The molecule has 0 aliphatic carbocycles. The number of hydrogen-bond acceptors (Lipinski definition) is 4. The minimum atomic E-state index is 0.721. The van der Waals surface area contributed by atoms with E-state index in [1.807, 2.05) is 30.5 Å². The summed E-state index contributed by atoms with van der Waals surface area (Å²) in [6.07, 6.45) is 4.33. The number of thioether (sulfide) groups is 1. The third-order valence-electron chi connectivity index (χ3n) is 2.79. The van der Waals surface area contributed by atoms with Crippen LogP contribution in [0.15, 0.2) is 41.4 Å². The van der Waals surface area contributed by atoms with Crippen molar-refractivity contribution in [3.8, 4) is 11.3 Å². The van der Waals surface area contributed by atoms with Crippen LogP contribution in [0.5, 0.6) is 0 Å². The molecular formula is C15H19N3S. The van der Waals surface area contributed by atoms with Gasteiger partial charge in [0.05, 0.1) is 5.69 Å². The Morgan fingerprint density at radius 3 is 2.63 bits per heavy atom. The second kappa shape index (κ2) is 7.14. The molecule has 0 atom stereocenters. The van der Waals surface area contributed by atoms with E-state index in [0.29, 0.717) is 0 Å². The van der Waals surface area contributed by atoms with Gasteiger partial charge in [-0.3, -0.25) is 0 Å². The minimum absolute atomic E-state index is 0.721. The van der Waals surface area contributed by atoms with E-state index < -0.39 is 0 Å². The van der Waals surface area contributed by atoms with Crippen molar-refractivity contribution in [1.29, 1.82) is 0 Å². The van der Waals surface area contributed by atoms with Gasteiger partial charge >= 0.3 is 0 Å². The maximum absolute atomic E-state index is 4.59. The topological polar surface area (TPSA) is 37.8 Å². The van der Waals surface area contributed by atoms with E-state index in [1.54, 1.807) is 11.8 Å². The Bertz CT molecular complexity index is 514. The summed E-state index contributed by atoms with van der Waals surface area (Å²) < 4.78 is 0. The molecule has 0 radical (unpaired) electrons. The smallest absolute Gasteiger partial charge is 0.224 e. The number of unbranched alkanes of at least 4 members (excludes halogenated alkanes) is 1. The maximum Gasteiger partial charge on any atom is 0.224 e. The third-order valence-corrected chi connectivity index (χ3v) is 3.42. The SMILES string of the molecule is CCCCNc1nc(SC)cc(-c2ccccc2)n1. The second-order valence-electron chi connectivity index (χ2n) is 4.27. The molecule has 2 aromatic rings. The van der Waals surface area contributed by atoms with Crippen molar-refractivity contribution in [1.82, 2.24) is 9.97 Å². The van der Waals surface area contributed by atoms with Gasteiger partial charge in [-0.15, -0.1) is 11.8 Å². The van der Waals surface area contributed by atoms with Crippen LogP contribution in [0, 0.1) is 0 Å². The molecule has 1 aromatic carbocycles. The van der Waals surface area contributed by atoms with Gasteiger partial charge in [-0.2, -0.15) is 0 Å². The van der Waals surface area contributed by atoms with E-state index in [4.69, 9.17) is 0 Å². The number of hydrogen-bond donors (Lipinski definition) is 1. The molecule has 0 saturated carbocycles. The molecule has 0 amide bonds. The Morgan fingerprint density at radius 1 is 1.16 bits per heavy atom. The van der Waals surface area contributed by atoms with Crippen LogP contribution in [0.4, 0.5) is 5.95 Å². The highest BCUT2D eigenvalue weighted by Gasteiger charge is 2.05. The summed E-state index contributed by atoms with van der Waals surface area (Å²) in [5, 5.41) is 4.29. The summed E-state index contributed by atoms with van der Waals surface area (Å²) in [6, 6.07) is 12.2. The molecule has 0 fully saturated rings. The molecule has 100 valence electrons. The Labute approximate surface area is 118 Å². The predicted molar refractivity (Wildman–Crippen MR) is 82.6 cm³/mol. The summed E-state index contributed by atoms with van der Waals surface area (Å²) in [4.78, 5) is 9.08. The van der Waals surface area contributed by atoms with Crippen LogP contribution >= 0.6 is 11.8 Å². The zero-order chi connectivity index (χ0) is 13.5. The zero-order valence-electron chi connectivity index (χ0n) is 11.4. The van der Waals surface area contributed by atoms with Gasteiger partial charge in [-0.1, -0.05) is 43.7 Å². The Kier molecular flexibility index (Phi) is 5.21. The summed E-state index contributed by atoms with van der Waals surface area (Å²) >= 11 is 1.64. The fourth-order valence-electron chi connectivity index (χ4n) is 1.74. The van der Waals surface area contributed by atoms with Crippen molar-refractivity contribution in [2.75, 3.05) is 18.1 Å². The van der Waals surface area contributed by atoms with Crippen LogP contribution in [0.1, 0.15) is 19.8 Å². The van der Waals surface area contributed by atoms with E-state index in [9.17, 15) is 0 Å². The standard InChI is InChI=1S/C15H19N3S/c1-3-4-10-16-15-17-13(11-14(18-15)19-2)12-8-6-5-7-9-12/h5-9,11H,3-4,10H2,1-2H3,(H,16,17,18). The lowest BCUT2D eigenvalue weighted by Gasteiger charge is -2.08. The highest BCUT2D eigenvalue weighted by atomic mass is 32.2. The van der Waals surface area contributed by atoms with Gasteiger partial charge in [0.25, 0.3) is 0 Å². The predicted octanol–water partition coefficient (Wildman–Crippen LogP) is 4.08. The number of rotatable bonds is 6. The maximum atomic E-state index is 4.59. The Balaban J connectivity index is 2.26. The van der Waals surface area contributed by atoms with Crippen molar-refractivity contribution >= 4 is 17.7 Å². The lowest BCUT2D eigenvalue weighted by Crippen LogP contribution is -2.06. The minimum Gasteiger partial charge on any atom is -0.354 e. The van der Waals surface area contributed by atoms with Crippen molar-refractivity contribution in [3.63, 3.8) is 0 Å². The van der Waals surface area contributed by atoms with Crippen molar-refractivity contribution in [3.05, 3.63) is 36.4 Å². The van der Waals surface area contributed by atoms with Crippen LogP contribution in [0.2, 0.25) is 0 Å². The molecule has 2 rings (SSSR count). The third kappa shape index (κ3) is 3.96. The summed E-state index contributed by atoms with van der Waals surface area (Å²) in [6.45, 7) is 3.10. The molecular weight excluding hydrogens is 254 g/mol. The van der Waals surface area contributed by atoms with Gasteiger partial charge < -0.3 is 5.32 Å². The first-order valence-electron chi connectivity index (χ1n) is 6.56. The van der Waals surface area contributed by atoms with Gasteiger partial charge in [0.15, 0.2) is 0 Å². The van der Waals surface area contributed by atoms with Crippen LogP contribution in [-0.2, 0) is 0 Å². The van der Waals surface area contributed by atoms with E-state index in [0.717, 1.165) is 35.2 Å². The lowest BCUT2D eigenvalue weighted by molar-refractivity contribution is 0.823. The fourth-order valence-corrected chi connectivity index (χ4v) is 2.15. The van der Waals surface area contributed by atoms with Crippen LogP contribution < -0.4 is 5.32 Å². The van der Waals surface area contributed by atoms with Gasteiger partial charge in [0.1, 0.15) is 5.03 Å². The molecule has 1 N–H and O–H groups in total. The molecule has 1 heterocycles. The van der Waals surface area contributed by atoms with Crippen molar-refractivity contribution < 1.29 is 0 Å². The Hall–Kier alpha value is -1.55. The number of nitrogens with one attached hydrogen (secondary N) is 1. The number of benzene rings is 1. The molecule has 0 unspecified atom stereocenters. The van der Waals surface area contributed by atoms with Crippen molar-refractivity contribution in [2.45, 2.75) is 24.8 Å². The monoisotopic (exact) mass is 273 g/mol. The quantitative estimate of drug-likeness (QED) is 0.489. The van der Waals surface area contributed by atoms with E-state index >= 15 is 0 Å². The van der Waals surface area contributed by atoms with E-state index in [-0.39, 0.29) is 0 Å². The highest BCUT2D eigenvalue weighted by molar-refractivity contribution is 7.98. The lowest BCUT2D eigenvalue weighted by atomic mass is 10.1. The van der Waals surface area contributed by atoms with Gasteiger partial charge in [-0.05, 0) is 18.7 Å². The van der Waals surface area contributed by atoms with Gasteiger partial charge in [0.2, 0.25) is 5.95 Å². The molecule has 4 heteroatoms. The van der Waals surface area contributed by atoms with Crippen LogP contribution in [0.3, 0.4) is 0 Å². The summed E-state index contributed by atoms with van der Waals surface area (Å²) in [5.74, 6) is 0.721. The zero-order valence-corrected chi connectivity index (χ0v) is 12.2. The highest BCUT2D eigenvalue weighted by Crippen LogP contribution is 2.22. The molecule has 0 aliphatic heterocycles. The first-order chi connectivity index (χ1) is 9.33. The number of aromatic nitrogens is 2. The normalized spacial score (nSPS) is 10.4. The number of nitrogens with zero attached hydrogens (tertiary/aromatic N) is 2. The first kappa shape index (κ1) is 13.9. The van der Waals surface area contributed by atoms with Crippen LogP contribution in [0.25, 0.3) is 11.3 Å². The van der Waals surface area contributed by atoms with Crippen LogP contribution in [-0.4, -0.2) is 22.8 Å². The molecule has 0 saturated heterocycles. The average molecular weight is 273 g/mol. The Morgan fingerprint density at radius 2 is 1.95 bits per heavy atom. The van der Waals surface area contributed by atoms with Gasteiger partial charge in [0, 0.05) is 12.1 Å². The van der Waals surface area contributed by atoms with E-state index in [2.05, 4.69) is 34.3 Å². The van der Waals surface area contributed by atoms with Gasteiger partial charge in [-0.25, -0.2) is 9.97 Å². The average Bonchev–Trinajstić information content (AvgIpc) is 2.48. The molecule has 0 bridgehead atoms. The largest absolute Gasteiger partial charge is 0.354 e. The fraction of sp³-hybridized carbons (Fsp3) is 0.333. The second-order valence-corrected chi connectivity index (χ2v) is 5.09. The molecule has 3 nitrogen and oxygen atoms in total. The van der Waals surface area contributed by atoms with Crippen molar-refractivity contribution in [2.24, 2.45) is 0 Å². The molecule has 19 heavy (non-hydrogen) atoms. The molecule has 0 aliphatic rings. The van der Waals surface area contributed by atoms with E-state index in [1.165, 1.54) is 6.42 Å². The first-order valence-corrected chi connectivity index (χ1v) is 7.78. The molecule has 1 aromatic heterocycles.